The Hall–Kier alpha value is -0.680. The zero-order valence-electron chi connectivity index (χ0n) is 8.13. The van der Waals surface area contributed by atoms with Crippen molar-refractivity contribution in [3.8, 4) is 0 Å². The molecule has 14 heavy (non-hydrogen) atoms. The molecule has 1 aromatic heterocycles. The number of nitrogens with zero attached hydrogens (tertiary/aromatic N) is 2. The highest BCUT2D eigenvalue weighted by molar-refractivity contribution is 9.10. The van der Waals surface area contributed by atoms with Crippen molar-refractivity contribution >= 4 is 21.7 Å². The Bertz CT molecular complexity index is 293. The van der Waals surface area contributed by atoms with Gasteiger partial charge in [0.1, 0.15) is 16.2 Å². The van der Waals surface area contributed by atoms with E-state index in [4.69, 9.17) is 5.11 Å². The van der Waals surface area contributed by atoms with Gasteiger partial charge in [-0.05, 0) is 22.4 Å². The summed E-state index contributed by atoms with van der Waals surface area (Å²) >= 11 is 3.32. The van der Waals surface area contributed by atoms with Crippen molar-refractivity contribution in [3.05, 3.63) is 16.5 Å². The van der Waals surface area contributed by atoms with Gasteiger partial charge < -0.3 is 10.4 Å². The monoisotopic (exact) mass is 259 g/mol. The van der Waals surface area contributed by atoms with E-state index in [9.17, 15) is 0 Å². The first-order valence-electron chi connectivity index (χ1n) is 4.64. The third-order valence-electron chi connectivity index (χ3n) is 1.63. The summed E-state index contributed by atoms with van der Waals surface area (Å²) in [5.74, 6) is 1.58. The van der Waals surface area contributed by atoms with E-state index in [1.54, 1.807) is 6.07 Å². The van der Waals surface area contributed by atoms with Crippen molar-refractivity contribution in [2.24, 2.45) is 0 Å². The Morgan fingerprint density at radius 3 is 2.93 bits per heavy atom. The molecule has 0 aliphatic carbocycles. The molecule has 0 aliphatic rings. The lowest BCUT2D eigenvalue weighted by molar-refractivity contribution is 0.311. The summed E-state index contributed by atoms with van der Waals surface area (Å²) in [5, 5.41) is 11.7. The maximum absolute atomic E-state index is 8.65. The molecule has 2 N–H and O–H groups in total. The predicted molar refractivity (Wildman–Crippen MR) is 59.3 cm³/mol. The number of nitrogens with one attached hydrogen (secondary N) is 1. The maximum Gasteiger partial charge on any atom is 0.132 e. The van der Waals surface area contributed by atoms with Crippen molar-refractivity contribution in [1.29, 1.82) is 0 Å². The molecule has 0 bridgehead atoms. The Labute approximate surface area is 91.9 Å². The van der Waals surface area contributed by atoms with E-state index in [0.717, 1.165) is 29.1 Å². The first-order valence-corrected chi connectivity index (χ1v) is 5.43. The van der Waals surface area contributed by atoms with Crippen LogP contribution < -0.4 is 5.32 Å². The molecular weight excluding hydrogens is 246 g/mol. The van der Waals surface area contributed by atoms with Crippen molar-refractivity contribution in [1.82, 2.24) is 9.97 Å². The zero-order chi connectivity index (χ0) is 10.4. The van der Waals surface area contributed by atoms with Crippen LogP contribution in [-0.4, -0.2) is 28.2 Å². The van der Waals surface area contributed by atoms with Gasteiger partial charge in [-0.3, -0.25) is 0 Å². The lowest BCUT2D eigenvalue weighted by Crippen LogP contribution is -2.08. The highest BCUT2D eigenvalue weighted by atomic mass is 79.9. The highest BCUT2D eigenvalue weighted by Crippen LogP contribution is 2.12. The van der Waals surface area contributed by atoms with Crippen LogP contribution in [0.25, 0.3) is 0 Å². The molecule has 5 heteroatoms. The fraction of sp³-hybridized carbons (Fsp3) is 0.556. The Kier molecular flexibility index (Phi) is 4.82. The molecule has 1 heterocycles. The van der Waals surface area contributed by atoms with Crippen LogP contribution in [0.5, 0.6) is 0 Å². The van der Waals surface area contributed by atoms with Crippen LogP contribution in [0.4, 0.5) is 5.82 Å². The molecule has 0 spiro atoms. The number of rotatable bonds is 5. The minimum Gasteiger partial charge on any atom is -0.395 e. The third-order valence-corrected chi connectivity index (χ3v) is 2.04. The average Bonchev–Trinajstić information content (AvgIpc) is 2.14. The minimum absolute atomic E-state index is 0.102. The van der Waals surface area contributed by atoms with E-state index in [-0.39, 0.29) is 6.61 Å². The average molecular weight is 260 g/mol. The smallest absolute Gasteiger partial charge is 0.132 e. The summed E-state index contributed by atoms with van der Waals surface area (Å²) in [6, 6.07) is 1.80. The second-order valence-electron chi connectivity index (χ2n) is 2.89. The SMILES string of the molecule is CCCc1nc(Br)cc(NCCO)n1. The number of anilines is 1. The van der Waals surface area contributed by atoms with Crippen molar-refractivity contribution in [2.45, 2.75) is 19.8 Å². The van der Waals surface area contributed by atoms with E-state index >= 15 is 0 Å². The lowest BCUT2D eigenvalue weighted by atomic mass is 10.3. The summed E-state index contributed by atoms with van der Waals surface area (Å²) < 4.78 is 0.774. The van der Waals surface area contributed by atoms with Crippen LogP contribution in [0, 0.1) is 0 Å². The van der Waals surface area contributed by atoms with Crippen LogP contribution in [0.1, 0.15) is 19.2 Å². The Balaban J connectivity index is 2.73. The first kappa shape index (κ1) is 11.4. The number of hydrogen-bond donors (Lipinski definition) is 2. The minimum atomic E-state index is 0.102. The van der Waals surface area contributed by atoms with Gasteiger partial charge in [0.05, 0.1) is 6.61 Å². The van der Waals surface area contributed by atoms with Gasteiger partial charge >= 0.3 is 0 Å². The van der Waals surface area contributed by atoms with E-state index in [0.29, 0.717) is 6.54 Å². The van der Waals surface area contributed by atoms with Gasteiger partial charge in [0.25, 0.3) is 0 Å². The second kappa shape index (κ2) is 5.93. The fourth-order valence-corrected chi connectivity index (χ4v) is 1.50. The van der Waals surface area contributed by atoms with Crippen LogP contribution in [0.15, 0.2) is 10.7 Å². The molecule has 0 saturated carbocycles. The van der Waals surface area contributed by atoms with Crippen LogP contribution in [0.2, 0.25) is 0 Å². The molecule has 0 radical (unpaired) electrons. The van der Waals surface area contributed by atoms with Crippen molar-refractivity contribution in [2.75, 3.05) is 18.5 Å². The Morgan fingerprint density at radius 1 is 1.50 bits per heavy atom. The quantitative estimate of drug-likeness (QED) is 0.789. The van der Waals surface area contributed by atoms with E-state index in [1.165, 1.54) is 0 Å². The standard InChI is InChI=1S/C9H14BrN3O/c1-2-3-8-12-7(10)6-9(13-8)11-4-5-14/h6,14H,2-5H2,1H3,(H,11,12,13). The molecule has 0 aliphatic heterocycles. The van der Waals surface area contributed by atoms with Gasteiger partial charge in [-0.1, -0.05) is 6.92 Å². The largest absolute Gasteiger partial charge is 0.395 e. The molecular formula is C9H14BrN3O. The van der Waals surface area contributed by atoms with Gasteiger partial charge in [-0.2, -0.15) is 0 Å². The predicted octanol–water partition coefficient (Wildman–Crippen LogP) is 1.60. The third kappa shape index (κ3) is 3.59. The van der Waals surface area contributed by atoms with Gasteiger partial charge in [0.15, 0.2) is 0 Å². The number of halogens is 1. The van der Waals surface area contributed by atoms with Gasteiger partial charge in [-0.25, -0.2) is 9.97 Å². The number of aryl methyl sites for hydroxylation is 1. The van der Waals surface area contributed by atoms with Crippen LogP contribution in [0.3, 0.4) is 0 Å². The number of aliphatic hydroxyl groups is 1. The summed E-state index contributed by atoms with van der Waals surface area (Å²) in [5.41, 5.74) is 0. The molecule has 78 valence electrons. The molecule has 0 unspecified atom stereocenters. The number of hydrogen-bond acceptors (Lipinski definition) is 4. The molecule has 0 saturated heterocycles. The van der Waals surface area contributed by atoms with Gasteiger partial charge in [-0.15, -0.1) is 0 Å². The van der Waals surface area contributed by atoms with Gasteiger partial charge in [0.2, 0.25) is 0 Å². The molecule has 4 nitrogen and oxygen atoms in total. The second-order valence-corrected chi connectivity index (χ2v) is 3.70. The number of aliphatic hydroxyl groups excluding tert-OH is 1. The molecule has 0 amide bonds. The topological polar surface area (TPSA) is 58.0 Å². The maximum atomic E-state index is 8.65. The van der Waals surface area contributed by atoms with E-state index in [1.807, 2.05) is 0 Å². The summed E-state index contributed by atoms with van der Waals surface area (Å²) in [6.45, 7) is 2.70. The summed E-state index contributed by atoms with van der Waals surface area (Å²) in [4.78, 5) is 8.53. The Morgan fingerprint density at radius 2 is 2.29 bits per heavy atom. The molecule has 1 aromatic rings. The first-order chi connectivity index (χ1) is 6.76. The lowest BCUT2D eigenvalue weighted by Gasteiger charge is -2.05. The van der Waals surface area contributed by atoms with Crippen LogP contribution in [-0.2, 0) is 6.42 Å². The van der Waals surface area contributed by atoms with Gasteiger partial charge in [0, 0.05) is 19.0 Å². The summed E-state index contributed by atoms with van der Waals surface area (Å²) in [6.07, 6.45) is 1.89. The van der Waals surface area contributed by atoms with E-state index < -0.39 is 0 Å². The number of aromatic nitrogens is 2. The molecule has 1 rings (SSSR count). The normalized spacial score (nSPS) is 10.2. The highest BCUT2D eigenvalue weighted by Gasteiger charge is 2.01. The zero-order valence-corrected chi connectivity index (χ0v) is 9.71. The fourth-order valence-electron chi connectivity index (χ4n) is 1.07. The van der Waals surface area contributed by atoms with E-state index in [2.05, 4.69) is 38.1 Å². The van der Waals surface area contributed by atoms with Crippen molar-refractivity contribution in [3.63, 3.8) is 0 Å². The molecule has 0 aromatic carbocycles. The van der Waals surface area contributed by atoms with Crippen LogP contribution >= 0.6 is 15.9 Å². The molecule has 0 atom stereocenters. The summed E-state index contributed by atoms with van der Waals surface area (Å²) in [7, 11) is 0. The van der Waals surface area contributed by atoms with Crippen molar-refractivity contribution < 1.29 is 5.11 Å². The molecule has 0 fully saturated rings.